The van der Waals surface area contributed by atoms with Crippen molar-refractivity contribution in [1.29, 1.82) is 5.26 Å². The Bertz CT molecular complexity index is 1520. The molecule has 1 amide bonds. The summed E-state index contributed by atoms with van der Waals surface area (Å²) in [6.45, 7) is 5.61. The monoisotopic (exact) mass is 503 g/mol. The summed E-state index contributed by atoms with van der Waals surface area (Å²) in [6.07, 6.45) is 0.511. The molecule has 9 nitrogen and oxygen atoms in total. The van der Waals surface area contributed by atoms with Crippen LogP contribution in [0.4, 0.5) is 17.1 Å². The number of nitro groups is 1. The van der Waals surface area contributed by atoms with Gasteiger partial charge in [-0.15, -0.1) is 0 Å². The minimum Gasteiger partial charge on any atom is -0.384 e. The van der Waals surface area contributed by atoms with E-state index in [9.17, 15) is 25.0 Å². The second-order valence-electron chi connectivity index (χ2n) is 10.0. The summed E-state index contributed by atoms with van der Waals surface area (Å²) in [5.41, 5.74) is 6.57. The van der Waals surface area contributed by atoms with Gasteiger partial charge in [-0.3, -0.25) is 24.6 Å². The van der Waals surface area contributed by atoms with Gasteiger partial charge >= 0.3 is 0 Å². The largest absolute Gasteiger partial charge is 0.384 e. The van der Waals surface area contributed by atoms with E-state index in [1.807, 2.05) is 13.8 Å². The van der Waals surface area contributed by atoms with Crippen LogP contribution in [-0.4, -0.2) is 16.6 Å². The van der Waals surface area contributed by atoms with E-state index in [1.165, 1.54) is 23.1 Å². The fraction of sp³-hybridized carbons (Fsp3) is 0.269. The number of nitrogens with zero attached hydrogens (tertiary/aromatic N) is 3. The molecule has 0 aromatic heterocycles. The molecule has 0 bridgehead atoms. The van der Waals surface area contributed by atoms with Gasteiger partial charge in [-0.25, -0.2) is 0 Å². The number of nitrogens with two attached hydrogens (primary N) is 1. The number of hydrogen-bond donors (Lipinski definition) is 2. The fourth-order valence-corrected chi connectivity index (χ4v) is 5.80. The third-order valence-electron chi connectivity index (χ3n) is 7.16. The zero-order valence-electron chi connectivity index (χ0n) is 19.8. The Hall–Kier alpha value is -4.16. The molecule has 3 aliphatic rings. The average Bonchev–Trinajstić information content (AvgIpc) is 3.08. The SMILES string of the molecule is Cc1c(Cl)ccc2c1NC(=O)C21C(C#N)=C(N)N(c2cccc([N+](=O)[O-])c2)C2=C1C(=O)CC(C)(C)C2. The van der Waals surface area contributed by atoms with Crippen LogP contribution in [0.3, 0.4) is 0 Å². The van der Waals surface area contributed by atoms with Gasteiger partial charge in [0.15, 0.2) is 5.78 Å². The number of nitro benzene ring substituents is 1. The molecule has 0 saturated carbocycles. The van der Waals surface area contributed by atoms with Gasteiger partial charge in [0, 0.05) is 40.4 Å². The third-order valence-corrected chi connectivity index (χ3v) is 7.57. The van der Waals surface area contributed by atoms with Crippen molar-refractivity contribution < 1.29 is 14.5 Å². The smallest absolute Gasteiger partial charge is 0.271 e. The summed E-state index contributed by atoms with van der Waals surface area (Å²) in [4.78, 5) is 40.2. The highest BCUT2D eigenvalue weighted by molar-refractivity contribution is 6.32. The number of rotatable bonds is 2. The predicted molar refractivity (Wildman–Crippen MR) is 134 cm³/mol. The van der Waals surface area contributed by atoms with E-state index in [0.717, 1.165) is 0 Å². The summed E-state index contributed by atoms with van der Waals surface area (Å²) in [7, 11) is 0. The summed E-state index contributed by atoms with van der Waals surface area (Å²) >= 11 is 6.32. The third kappa shape index (κ3) is 3.01. The number of nitrogens with one attached hydrogen (secondary N) is 1. The van der Waals surface area contributed by atoms with Crippen molar-refractivity contribution in [3.8, 4) is 6.07 Å². The first kappa shape index (κ1) is 23.6. The molecule has 0 radical (unpaired) electrons. The van der Waals surface area contributed by atoms with E-state index in [2.05, 4.69) is 11.4 Å². The van der Waals surface area contributed by atoms with Crippen molar-refractivity contribution in [2.24, 2.45) is 11.1 Å². The second-order valence-corrected chi connectivity index (χ2v) is 10.5. The van der Waals surface area contributed by atoms with Gasteiger partial charge < -0.3 is 11.1 Å². The van der Waals surface area contributed by atoms with E-state index >= 15 is 0 Å². The number of Topliss-reactive ketones (excluding diaryl/α,β-unsaturated/α-hetero) is 1. The average molecular weight is 504 g/mol. The van der Waals surface area contributed by atoms with Crippen LogP contribution in [0.25, 0.3) is 0 Å². The standard InChI is InChI=1S/C26H22ClN5O4/c1-13-18(27)8-7-16-22(13)30-24(34)26(16)17(12-28)23(29)31(14-5-4-6-15(9-14)32(35)36)19-10-25(2,3)11-20(33)21(19)26/h4-9H,10-11,29H2,1-3H3,(H,30,34). The minimum absolute atomic E-state index is 0.0575. The minimum atomic E-state index is -1.75. The molecule has 36 heavy (non-hydrogen) atoms. The summed E-state index contributed by atoms with van der Waals surface area (Å²) in [5.74, 6) is -0.896. The second kappa shape index (κ2) is 7.67. The zero-order valence-corrected chi connectivity index (χ0v) is 20.6. The van der Waals surface area contributed by atoms with Crippen molar-refractivity contribution >= 4 is 40.4 Å². The number of amides is 1. The van der Waals surface area contributed by atoms with Crippen molar-refractivity contribution in [2.75, 3.05) is 10.2 Å². The number of carbonyl (C=O) groups excluding carboxylic acids is 2. The summed E-state index contributed by atoms with van der Waals surface area (Å²) in [6, 6.07) is 11.2. The Balaban J connectivity index is 1.90. The van der Waals surface area contributed by atoms with Gasteiger partial charge in [-0.1, -0.05) is 37.6 Å². The highest BCUT2D eigenvalue weighted by atomic mass is 35.5. The first-order valence-electron chi connectivity index (χ1n) is 11.3. The molecule has 3 N–H and O–H groups in total. The number of ketones is 1. The van der Waals surface area contributed by atoms with Crippen LogP contribution in [-0.2, 0) is 15.0 Å². The normalized spacial score (nSPS) is 22.4. The lowest BCUT2D eigenvalue weighted by molar-refractivity contribution is -0.384. The first-order valence-corrected chi connectivity index (χ1v) is 11.6. The van der Waals surface area contributed by atoms with Crippen molar-refractivity contribution in [3.63, 3.8) is 0 Å². The topological polar surface area (TPSA) is 142 Å². The molecule has 2 aromatic rings. The highest BCUT2D eigenvalue weighted by Gasteiger charge is 2.61. The molecular formula is C26H22ClN5O4. The zero-order chi connectivity index (χ0) is 26.2. The van der Waals surface area contributed by atoms with Gasteiger partial charge in [0.25, 0.3) is 5.69 Å². The Labute approximate surface area is 212 Å². The Morgan fingerprint density at radius 3 is 2.61 bits per heavy atom. The number of anilines is 2. The lowest BCUT2D eigenvalue weighted by Gasteiger charge is -2.46. The predicted octanol–water partition coefficient (Wildman–Crippen LogP) is 4.60. The number of nitriles is 1. The van der Waals surface area contributed by atoms with Crippen LogP contribution < -0.4 is 16.0 Å². The number of non-ortho nitro benzene ring substituents is 1. The molecule has 2 aromatic carbocycles. The highest BCUT2D eigenvalue weighted by Crippen LogP contribution is 2.58. The summed E-state index contributed by atoms with van der Waals surface area (Å²) in [5, 5.41) is 25.1. The number of fused-ring (bicyclic) bond motifs is 3. The Kier molecular flexibility index (Phi) is 5.02. The van der Waals surface area contributed by atoms with Crippen LogP contribution in [0.15, 0.2) is 59.1 Å². The first-order chi connectivity index (χ1) is 16.9. The number of allylic oxidation sites excluding steroid dienone is 1. The molecular weight excluding hydrogens is 482 g/mol. The maximum Gasteiger partial charge on any atom is 0.271 e. The van der Waals surface area contributed by atoms with Crippen LogP contribution in [0, 0.1) is 33.8 Å². The van der Waals surface area contributed by atoms with Crippen molar-refractivity contribution in [1.82, 2.24) is 0 Å². The van der Waals surface area contributed by atoms with Crippen LogP contribution in [0.2, 0.25) is 5.02 Å². The van der Waals surface area contributed by atoms with E-state index < -0.39 is 21.7 Å². The molecule has 10 heteroatoms. The van der Waals surface area contributed by atoms with Gasteiger partial charge in [-0.05, 0) is 36.5 Å². The molecule has 1 spiro atoms. The van der Waals surface area contributed by atoms with Crippen LogP contribution in [0.5, 0.6) is 0 Å². The van der Waals surface area contributed by atoms with Crippen LogP contribution in [0.1, 0.15) is 37.8 Å². The molecule has 5 rings (SSSR count). The number of hydrogen-bond acceptors (Lipinski definition) is 7. The molecule has 0 fully saturated rings. The maximum absolute atomic E-state index is 13.9. The Morgan fingerprint density at radius 1 is 1.22 bits per heavy atom. The number of carbonyl (C=O) groups is 2. The van der Waals surface area contributed by atoms with E-state index in [0.29, 0.717) is 39.6 Å². The fourth-order valence-electron chi connectivity index (χ4n) is 5.65. The Morgan fingerprint density at radius 2 is 1.94 bits per heavy atom. The quantitative estimate of drug-likeness (QED) is 0.450. The molecule has 182 valence electrons. The van der Waals surface area contributed by atoms with E-state index in [1.54, 1.807) is 25.1 Å². The van der Waals surface area contributed by atoms with E-state index in [4.69, 9.17) is 17.3 Å². The summed E-state index contributed by atoms with van der Waals surface area (Å²) < 4.78 is 0. The number of halogens is 1. The molecule has 1 atom stereocenters. The van der Waals surface area contributed by atoms with Gasteiger partial charge in [0.1, 0.15) is 17.3 Å². The lowest BCUT2D eigenvalue weighted by Crippen LogP contribution is -2.52. The van der Waals surface area contributed by atoms with Gasteiger partial charge in [0.05, 0.1) is 21.9 Å². The molecule has 0 saturated heterocycles. The van der Waals surface area contributed by atoms with Crippen molar-refractivity contribution in [3.05, 3.63) is 85.3 Å². The maximum atomic E-state index is 13.9. The lowest BCUT2D eigenvalue weighted by atomic mass is 9.60. The molecule has 1 unspecified atom stereocenters. The number of benzene rings is 2. The van der Waals surface area contributed by atoms with E-state index in [-0.39, 0.29) is 34.9 Å². The van der Waals surface area contributed by atoms with Crippen molar-refractivity contribution in [2.45, 2.75) is 39.0 Å². The van der Waals surface area contributed by atoms with Gasteiger partial charge in [-0.2, -0.15) is 5.26 Å². The molecule has 2 aliphatic heterocycles. The van der Waals surface area contributed by atoms with Gasteiger partial charge in [0.2, 0.25) is 5.91 Å². The van der Waals surface area contributed by atoms with Crippen LogP contribution >= 0.6 is 11.6 Å². The molecule has 1 aliphatic carbocycles. The molecule has 2 heterocycles.